The molecule has 0 radical (unpaired) electrons. The van der Waals surface area contributed by atoms with Gasteiger partial charge in [0.15, 0.2) is 0 Å². The van der Waals surface area contributed by atoms with E-state index in [1.165, 1.54) is 22.2 Å². The predicted molar refractivity (Wildman–Crippen MR) is 96.1 cm³/mol. The average Bonchev–Trinajstić information content (AvgIpc) is 3.24. The van der Waals surface area contributed by atoms with Crippen LogP contribution in [-0.2, 0) is 4.74 Å². The average molecular weight is 321 g/mol. The Balaban J connectivity index is 1.72. The molecule has 0 saturated carbocycles. The Kier molecular flexibility index (Phi) is 4.32. The number of aryl methyl sites for hydroxylation is 1. The van der Waals surface area contributed by atoms with E-state index in [2.05, 4.69) is 52.5 Å². The van der Waals surface area contributed by atoms with Crippen LogP contribution in [0.3, 0.4) is 0 Å². The Bertz CT molecular complexity index is 806. The van der Waals surface area contributed by atoms with Gasteiger partial charge in [0.25, 0.3) is 0 Å². The van der Waals surface area contributed by atoms with Crippen molar-refractivity contribution in [3.05, 3.63) is 65.6 Å². The van der Waals surface area contributed by atoms with Gasteiger partial charge in [0.1, 0.15) is 0 Å². The van der Waals surface area contributed by atoms with E-state index in [-0.39, 0.29) is 6.04 Å². The van der Waals surface area contributed by atoms with E-state index in [1.807, 2.05) is 18.3 Å². The Morgan fingerprint density at radius 3 is 2.92 bits per heavy atom. The lowest BCUT2D eigenvalue weighted by atomic mass is 9.99. The molecule has 1 aliphatic rings. The van der Waals surface area contributed by atoms with Crippen LogP contribution in [0.25, 0.3) is 10.9 Å². The summed E-state index contributed by atoms with van der Waals surface area (Å²) in [4.78, 5) is 8.12. The number of hydrogen-bond donors (Lipinski definition) is 2. The SMILES string of the molecule is Cc1[nH]c2ccccc2c1C(NCC1CCCO1)c1ccccn1. The lowest BCUT2D eigenvalue weighted by Crippen LogP contribution is -2.31. The van der Waals surface area contributed by atoms with Gasteiger partial charge in [0.05, 0.1) is 17.8 Å². The van der Waals surface area contributed by atoms with Gasteiger partial charge in [-0.25, -0.2) is 0 Å². The van der Waals surface area contributed by atoms with Crippen LogP contribution < -0.4 is 5.32 Å². The highest BCUT2D eigenvalue weighted by Crippen LogP contribution is 2.31. The molecule has 2 unspecified atom stereocenters. The first-order chi connectivity index (χ1) is 11.8. The number of benzene rings is 1. The standard InChI is InChI=1S/C20H23N3O/c1-14-19(16-8-2-3-9-17(16)23-14)20(18-10-4-5-11-21-18)22-13-15-7-6-12-24-15/h2-5,8-11,15,20,22-23H,6-7,12-13H2,1H3. The molecule has 3 heterocycles. The molecule has 0 bridgehead atoms. The third-order valence-corrected chi connectivity index (χ3v) is 4.79. The fourth-order valence-corrected chi connectivity index (χ4v) is 3.63. The summed E-state index contributed by atoms with van der Waals surface area (Å²) in [6, 6.07) is 14.6. The molecule has 1 fully saturated rings. The van der Waals surface area contributed by atoms with Gasteiger partial charge in [0, 0.05) is 41.5 Å². The minimum Gasteiger partial charge on any atom is -0.377 e. The highest BCUT2D eigenvalue weighted by atomic mass is 16.5. The Morgan fingerprint density at radius 1 is 1.25 bits per heavy atom. The maximum absolute atomic E-state index is 5.78. The van der Waals surface area contributed by atoms with Crippen LogP contribution in [0.1, 0.15) is 35.8 Å². The van der Waals surface area contributed by atoms with Crippen LogP contribution in [0.4, 0.5) is 0 Å². The quantitative estimate of drug-likeness (QED) is 0.753. The van der Waals surface area contributed by atoms with Crippen LogP contribution in [0.2, 0.25) is 0 Å². The first-order valence-corrected chi connectivity index (χ1v) is 8.66. The van der Waals surface area contributed by atoms with E-state index in [0.717, 1.165) is 31.7 Å². The lowest BCUT2D eigenvalue weighted by Gasteiger charge is -2.21. The van der Waals surface area contributed by atoms with Crippen molar-refractivity contribution in [1.82, 2.24) is 15.3 Å². The maximum atomic E-state index is 5.78. The summed E-state index contributed by atoms with van der Waals surface area (Å²) in [5, 5.41) is 4.96. The zero-order valence-corrected chi connectivity index (χ0v) is 14.0. The van der Waals surface area contributed by atoms with Crippen molar-refractivity contribution in [3.63, 3.8) is 0 Å². The van der Waals surface area contributed by atoms with Crippen LogP contribution >= 0.6 is 0 Å². The maximum Gasteiger partial charge on any atom is 0.0775 e. The first kappa shape index (κ1) is 15.4. The van der Waals surface area contributed by atoms with Gasteiger partial charge >= 0.3 is 0 Å². The van der Waals surface area contributed by atoms with Crippen LogP contribution in [0, 0.1) is 6.92 Å². The highest BCUT2D eigenvalue weighted by molar-refractivity contribution is 5.85. The normalized spacial score (nSPS) is 19.0. The van der Waals surface area contributed by atoms with Crippen LogP contribution in [-0.4, -0.2) is 29.2 Å². The summed E-state index contributed by atoms with van der Waals surface area (Å²) in [5.41, 5.74) is 4.68. The van der Waals surface area contributed by atoms with Crippen molar-refractivity contribution in [2.75, 3.05) is 13.2 Å². The number of ether oxygens (including phenoxy) is 1. The van der Waals surface area contributed by atoms with Crippen molar-refractivity contribution in [3.8, 4) is 0 Å². The minimum atomic E-state index is 0.0616. The number of fused-ring (bicyclic) bond motifs is 1. The van der Waals surface area contributed by atoms with Gasteiger partial charge in [-0.05, 0) is 38.0 Å². The molecule has 0 aliphatic carbocycles. The van der Waals surface area contributed by atoms with Gasteiger partial charge in [-0.2, -0.15) is 0 Å². The molecule has 0 spiro atoms. The molecule has 24 heavy (non-hydrogen) atoms. The van der Waals surface area contributed by atoms with E-state index in [0.29, 0.717) is 6.10 Å². The van der Waals surface area contributed by atoms with Crippen LogP contribution in [0.15, 0.2) is 48.7 Å². The predicted octanol–water partition coefficient (Wildman–Crippen LogP) is 3.73. The third-order valence-electron chi connectivity index (χ3n) is 4.79. The zero-order valence-electron chi connectivity index (χ0n) is 14.0. The number of nitrogens with zero attached hydrogens (tertiary/aromatic N) is 1. The lowest BCUT2D eigenvalue weighted by molar-refractivity contribution is 0.108. The summed E-state index contributed by atoms with van der Waals surface area (Å²) >= 11 is 0. The summed E-state index contributed by atoms with van der Waals surface area (Å²) in [6.45, 7) is 3.87. The molecule has 4 nitrogen and oxygen atoms in total. The molecule has 2 atom stereocenters. The number of para-hydroxylation sites is 1. The fourth-order valence-electron chi connectivity index (χ4n) is 3.63. The minimum absolute atomic E-state index is 0.0616. The second-order valence-electron chi connectivity index (χ2n) is 6.44. The number of rotatable bonds is 5. The molecule has 2 aromatic heterocycles. The number of H-pyrrole nitrogens is 1. The van der Waals surface area contributed by atoms with E-state index >= 15 is 0 Å². The largest absolute Gasteiger partial charge is 0.377 e. The molecule has 4 rings (SSSR count). The van der Waals surface area contributed by atoms with Crippen molar-refractivity contribution in [1.29, 1.82) is 0 Å². The van der Waals surface area contributed by atoms with E-state index in [4.69, 9.17) is 4.74 Å². The topological polar surface area (TPSA) is 49.9 Å². The van der Waals surface area contributed by atoms with Crippen molar-refractivity contribution < 1.29 is 4.74 Å². The van der Waals surface area contributed by atoms with Crippen molar-refractivity contribution >= 4 is 10.9 Å². The van der Waals surface area contributed by atoms with E-state index < -0.39 is 0 Å². The number of hydrogen-bond acceptors (Lipinski definition) is 3. The molecule has 1 aromatic carbocycles. The summed E-state index contributed by atoms with van der Waals surface area (Å²) in [6.07, 6.45) is 4.46. The van der Waals surface area contributed by atoms with Gasteiger partial charge in [-0.15, -0.1) is 0 Å². The summed E-state index contributed by atoms with van der Waals surface area (Å²) < 4.78 is 5.78. The summed E-state index contributed by atoms with van der Waals surface area (Å²) in [7, 11) is 0. The van der Waals surface area contributed by atoms with Crippen molar-refractivity contribution in [2.45, 2.75) is 31.9 Å². The molecular weight excluding hydrogens is 298 g/mol. The van der Waals surface area contributed by atoms with Gasteiger partial charge in [-0.1, -0.05) is 24.3 Å². The molecule has 2 N–H and O–H groups in total. The fraction of sp³-hybridized carbons (Fsp3) is 0.350. The van der Waals surface area contributed by atoms with Gasteiger partial charge < -0.3 is 15.0 Å². The summed E-state index contributed by atoms with van der Waals surface area (Å²) in [5.74, 6) is 0. The molecule has 4 heteroatoms. The van der Waals surface area contributed by atoms with Gasteiger partial charge in [0.2, 0.25) is 0 Å². The smallest absolute Gasteiger partial charge is 0.0775 e. The highest BCUT2D eigenvalue weighted by Gasteiger charge is 2.24. The molecule has 1 saturated heterocycles. The second kappa shape index (κ2) is 6.75. The molecule has 124 valence electrons. The first-order valence-electron chi connectivity index (χ1n) is 8.66. The molecule has 0 amide bonds. The molecule has 1 aliphatic heterocycles. The number of aromatic nitrogens is 2. The number of pyridine rings is 1. The van der Waals surface area contributed by atoms with Crippen LogP contribution in [0.5, 0.6) is 0 Å². The number of nitrogens with one attached hydrogen (secondary N) is 2. The monoisotopic (exact) mass is 321 g/mol. The second-order valence-corrected chi connectivity index (χ2v) is 6.44. The zero-order chi connectivity index (χ0) is 16.4. The Labute approximate surface area is 142 Å². The Morgan fingerprint density at radius 2 is 2.12 bits per heavy atom. The number of aromatic amines is 1. The third kappa shape index (κ3) is 2.95. The Hall–Kier alpha value is -2.17. The molecular formula is C20H23N3O. The van der Waals surface area contributed by atoms with E-state index in [1.54, 1.807) is 0 Å². The van der Waals surface area contributed by atoms with E-state index in [9.17, 15) is 0 Å². The van der Waals surface area contributed by atoms with Gasteiger partial charge in [-0.3, -0.25) is 4.98 Å². The van der Waals surface area contributed by atoms with Crippen molar-refractivity contribution in [2.24, 2.45) is 0 Å². The molecule has 3 aromatic rings.